The Balaban J connectivity index is 2.18. The Labute approximate surface area is 113 Å². The maximum Gasteiger partial charge on any atom is 0.231 e. The molecule has 106 valence electrons. The number of aliphatic hydroxyl groups is 1. The van der Waals surface area contributed by atoms with E-state index in [-0.39, 0.29) is 25.5 Å². The SMILES string of the molecule is CC(C)(C)NCc1cc2c(cc1OCCO)OCO2. The summed E-state index contributed by atoms with van der Waals surface area (Å²) < 4.78 is 16.3. The van der Waals surface area contributed by atoms with E-state index < -0.39 is 0 Å². The molecule has 0 amide bonds. The van der Waals surface area contributed by atoms with Crippen LogP contribution in [0.3, 0.4) is 0 Å². The third-order valence-corrected chi connectivity index (χ3v) is 2.71. The molecule has 0 aliphatic carbocycles. The maximum atomic E-state index is 8.87. The van der Waals surface area contributed by atoms with Gasteiger partial charge in [0.15, 0.2) is 11.5 Å². The van der Waals surface area contributed by atoms with E-state index >= 15 is 0 Å². The minimum absolute atomic E-state index is 0.0133. The number of hydrogen-bond donors (Lipinski definition) is 2. The standard InChI is InChI=1S/C14H21NO4/c1-14(2,3)15-8-10-6-12-13(19-9-18-12)7-11(10)17-5-4-16/h6-7,15-16H,4-5,8-9H2,1-3H3. The van der Waals surface area contributed by atoms with E-state index in [1.807, 2.05) is 12.1 Å². The van der Waals surface area contributed by atoms with Gasteiger partial charge in [0.2, 0.25) is 6.79 Å². The molecule has 1 aliphatic heterocycles. The second-order valence-electron chi connectivity index (χ2n) is 5.49. The number of aliphatic hydroxyl groups excluding tert-OH is 1. The fourth-order valence-corrected chi connectivity index (χ4v) is 1.75. The zero-order valence-corrected chi connectivity index (χ0v) is 11.7. The molecule has 5 nitrogen and oxygen atoms in total. The van der Waals surface area contributed by atoms with Crippen LogP contribution in [0, 0.1) is 0 Å². The lowest BCUT2D eigenvalue weighted by molar-refractivity contribution is 0.173. The summed E-state index contributed by atoms with van der Waals surface area (Å²) in [5.74, 6) is 2.14. The van der Waals surface area contributed by atoms with Gasteiger partial charge in [-0.2, -0.15) is 0 Å². The quantitative estimate of drug-likeness (QED) is 0.850. The summed E-state index contributed by atoms with van der Waals surface area (Å²) >= 11 is 0. The minimum atomic E-state index is -0.0133. The average molecular weight is 267 g/mol. The first-order chi connectivity index (χ1) is 8.99. The van der Waals surface area contributed by atoms with Gasteiger partial charge < -0.3 is 24.6 Å². The lowest BCUT2D eigenvalue weighted by Crippen LogP contribution is -2.35. The van der Waals surface area contributed by atoms with Gasteiger partial charge in [-0.1, -0.05) is 0 Å². The molecule has 2 rings (SSSR count). The molecule has 1 aromatic carbocycles. The zero-order valence-electron chi connectivity index (χ0n) is 11.7. The molecule has 5 heteroatoms. The molecule has 2 N–H and O–H groups in total. The monoisotopic (exact) mass is 267 g/mol. The molecule has 0 radical (unpaired) electrons. The second-order valence-corrected chi connectivity index (χ2v) is 5.49. The van der Waals surface area contributed by atoms with Crippen molar-refractivity contribution in [2.24, 2.45) is 0 Å². The summed E-state index contributed by atoms with van der Waals surface area (Å²) in [6.07, 6.45) is 0. The van der Waals surface area contributed by atoms with Gasteiger partial charge in [0.1, 0.15) is 12.4 Å². The number of benzene rings is 1. The van der Waals surface area contributed by atoms with E-state index in [0.717, 1.165) is 17.1 Å². The lowest BCUT2D eigenvalue weighted by Gasteiger charge is -2.21. The molecule has 1 aromatic rings. The van der Waals surface area contributed by atoms with E-state index in [1.165, 1.54) is 0 Å². The fraction of sp³-hybridized carbons (Fsp3) is 0.571. The molecule has 0 bridgehead atoms. The van der Waals surface area contributed by atoms with Crippen LogP contribution >= 0.6 is 0 Å². The van der Waals surface area contributed by atoms with Crippen LogP contribution in [0.2, 0.25) is 0 Å². The Bertz CT molecular complexity index is 440. The highest BCUT2D eigenvalue weighted by molar-refractivity contribution is 5.51. The predicted octanol–water partition coefficient (Wildman–Crippen LogP) is 1.67. The van der Waals surface area contributed by atoms with Crippen LogP contribution in [0.4, 0.5) is 0 Å². The first-order valence-corrected chi connectivity index (χ1v) is 6.41. The smallest absolute Gasteiger partial charge is 0.231 e. The summed E-state index contributed by atoms with van der Waals surface area (Å²) in [4.78, 5) is 0. The molecule has 0 saturated carbocycles. The molecule has 0 atom stereocenters. The average Bonchev–Trinajstić information content (AvgIpc) is 2.79. The Hall–Kier alpha value is -1.46. The summed E-state index contributed by atoms with van der Waals surface area (Å²) in [6.45, 7) is 7.48. The van der Waals surface area contributed by atoms with Crippen molar-refractivity contribution < 1.29 is 19.3 Å². The van der Waals surface area contributed by atoms with Crippen molar-refractivity contribution in [3.05, 3.63) is 17.7 Å². The van der Waals surface area contributed by atoms with Gasteiger partial charge in [0.05, 0.1) is 6.61 Å². The molecular weight excluding hydrogens is 246 g/mol. The molecule has 0 saturated heterocycles. The third kappa shape index (κ3) is 3.75. The van der Waals surface area contributed by atoms with E-state index in [0.29, 0.717) is 12.3 Å². The van der Waals surface area contributed by atoms with Crippen LogP contribution in [0.1, 0.15) is 26.3 Å². The van der Waals surface area contributed by atoms with Crippen LogP contribution in [-0.2, 0) is 6.54 Å². The van der Waals surface area contributed by atoms with Crippen molar-refractivity contribution in [2.45, 2.75) is 32.9 Å². The van der Waals surface area contributed by atoms with Crippen molar-refractivity contribution >= 4 is 0 Å². The first kappa shape index (κ1) is 14.0. The number of ether oxygens (including phenoxy) is 3. The van der Waals surface area contributed by atoms with Gasteiger partial charge in [-0.15, -0.1) is 0 Å². The lowest BCUT2D eigenvalue weighted by atomic mass is 10.1. The van der Waals surface area contributed by atoms with Crippen molar-refractivity contribution in [3.8, 4) is 17.2 Å². The summed E-state index contributed by atoms with van der Waals surface area (Å²) in [5.41, 5.74) is 1.01. The highest BCUT2D eigenvalue weighted by Gasteiger charge is 2.19. The van der Waals surface area contributed by atoms with E-state index in [4.69, 9.17) is 19.3 Å². The number of fused-ring (bicyclic) bond motifs is 1. The fourth-order valence-electron chi connectivity index (χ4n) is 1.75. The van der Waals surface area contributed by atoms with Crippen LogP contribution in [0.5, 0.6) is 17.2 Å². The van der Waals surface area contributed by atoms with Crippen LogP contribution < -0.4 is 19.5 Å². The molecule has 1 aliphatic rings. The van der Waals surface area contributed by atoms with Crippen molar-refractivity contribution in [1.29, 1.82) is 0 Å². The normalized spacial score (nSPS) is 13.7. The Kier molecular flexibility index (Phi) is 4.17. The second kappa shape index (κ2) is 5.67. The molecule has 0 aromatic heterocycles. The highest BCUT2D eigenvalue weighted by atomic mass is 16.7. The summed E-state index contributed by atoms with van der Waals surface area (Å²) in [7, 11) is 0. The van der Waals surface area contributed by atoms with Crippen molar-refractivity contribution in [2.75, 3.05) is 20.0 Å². The molecular formula is C14H21NO4. The maximum absolute atomic E-state index is 8.87. The van der Waals surface area contributed by atoms with Gasteiger partial charge >= 0.3 is 0 Å². The number of rotatable bonds is 5. The predicted molar refractivity (Wildman–Crippen MR) is 71.7 cm³/mol. The molecule has 0 unspecified atom stereocenters. The van der Waals surface area contributed by atoms with Gasteiger partial charge in [0, 0.05) is 23.7 Å². The van der Waals surface area contributed by atoms with Gasteiger partial charge in [-0.25, -0.2) is 0 Å². The number of hydrogen-bond acceptors (Lipinski definition) is 5. The molecule has 0 fully saturated rings. The van der Waals surface area contributed by atoms with E-state index in [9.17, 15) is 0 Å². The van der Waals surface area contributed by atoms with Gasteiger partial charge in [-0.05, 0) is 26.8 Å². The van der Waals surface area contributed by atoms with Crippen LogP contribution in [-0.4, -0.2) is 30.7 Å². The topological polar surface area (TPSA) is 60.0 Å². The van der Waals surface area contributed by atoms with Gasteiger partial charge in [0.25, 0.3) is 0 Å². The molecule has 19 heavy (non-hydrogen) atoms. The Morgan fingerprint density at radius 2 is 1.95 bits per heavy atom. The zero-order chi connectivity index (χ0) is 13.9. The molecule has 0 spiro atoms. The van der Waals surface area contributed by atoms with Crippen molar-refractivity contribution in [1.82, 2.24) is 5.32 Å². The Morgan fingerprint density at radius 1 is 1.26 bits per heavy atom. The highest BCUT2D eigenvalue weighted by Crippen LogP contribution is 2.38. The van der Waals surface area contributed by atoms with Crippen LogP contribution in [0.15, 0.2) is 12.1 Å². The van der Waals surface area contributed by atoms with E-state index in [1.54, 1.807) is 0 Å². The third-order valence-electron chi connectivity index (χ3n) is 2.71. The first-order valence-electron chi connectivity index (χ1n) is 6.41. The summed E-state index contributed by atoms with van der Waals surface area (Å²) in [5, 5.41) is 12.3. The largest absolute Gasteiger partial charge is 0.491 e. The Morgan fingerprint density at radius 3 is 2.58 bits per heavy atom. The minimum Gasteiger partial charge on any atom is -0.491 e. The van der Waals surface area contributed by atoms with Crippen LogP contribution in [0.25, 0.3) is 0 Å². The van der Waals surface area contributed by atoms with E-state index in [2.05, 4.69) is 26.1 Å². The molecule has 1 heterocycles. The van der Waals surface area contributed by atoms with Gasteiger partial charge in [-0.3, -0.25) is 0 Å². The summed E-state index contributed by atoms with van der Waals surface area (Å²) in [6, 6.07) is 3.74. The number of nitrogens with one attached hydrogen (secondary N) is 1. The van der Waals surface area contributed by atoms with Crippen molar-refractivity contribution in [3.63, 3.8) is 0 Å².